The van der Waals surface area contributed by atoms with E-state index in [1.165, 1.54) is 0 Å². The number of rotatable bonds is 6. The number of carbonyl (C=O) groups is 3. The van der Waals surface area contributed by atoms with Crippen molar-refractivity contribution in [3.05, 3.63) is 0 Å². The zero-order valence-electron chi connectivity index (χ0n) is 8.30. The molecule has 0 rings (SSSR count). The molecule has 0 unspecified atom stereocenters. The first-order chi connectivity index (χ1) is 7.47. The van der Waals surface area contributed by atoms with Gasteiger partial charge in [0.15, 0.2) is 6.04 Å². The first-order valence-electron chi connectivity index (χ1n) is 4.27. The third-order valence-electron chi connectivity index (χ3n) is 1.42. The third kappa shape index (κ3) is 6.43. The number of carboxylic acid groups (broad SMARTS) is 1. The molecule has 16 heavy (non-hydrogen) atoms. The van der Waals surface area contributed by atoms with Crippen molar-refractivity contribution in [2.24, 2.45) is 5.73 Å². The Bertz CT molecular complexity index is 269. The Morgan fingerprint density at radius 2 is 2.00 bits per heavy atom. The van der Waals surface area contributed by atoms with E-state index in [2.05, 4.69) is 15.8 Å². The van der Waals surface area contributed by atoms with Crippen LogP contribution in [0.1, 0.15) is 0 Å². The van der Waals surface area contributed by atoms with E-state index in [1.807, 2.05) is 5.32 Å². The number of primary amides is 1. The molecule has 0 fully saturated rings. The number of amides is 3. The summed E-state index contributed by atoms with van der Waals surface area (Å²) < 4.78 is 4.30. The van der Waals surface area contributed by atoms with Crippen molar-refractivity contribution in [2.75, 3.05) is 19.8 Å². The molecule has 0 saturated heterocycles. The van der Waals surface area contributed by atoms with Crippen LogP contribution in [-0.2, 0) is 9.53 Å². The smallest absolute Gasteiger partial charge is 0.404 e. The van der Waals surface area contributed by atoms with Gasteiger partial charge in [0.1, 0.15) is 6.61 Å². The van der Waals surface area contributed by atoms with Gasteiger partial charge in [0, 0.05) is 0 Å². The number of urea groups is 1. The van der Waals surface area contributed by atoms with Gasteiger partial charge in [0.25, 0.3) is 0 Å². The predicted molar refractivity (Wildman–Crippen MR) is 50.6 cm³/mol. The highest BCUT2D eigenvalue weighted by atomic mass is 16.5. The number of carboxylic acids is 1. The van der Waals surface area contributed by atoms with Gasteiger partial charge in [-0.2, -0.15) is 0 Å². The molecular formula is C7H13N3O6. The summed E-state index contributed by atoms with van der Waals surface area (Å²) in [6.45, 7) is -0.868. The molecule has 0 heterocycles. The van der Waals surface area contributed by atoms with Crippen molar-refractivity contribution in [3.8, 4) is 0 Å². The van der Waals surface area contributed by atoms with Crippen LogP contribution in [0.3, 0.4) is 0 Å². The lowest BCUT2D eigenvalue weighted by molar-refractivity contribution is -0.140. The van der Waals surface area contributed by atoms with E-state index in [4.69, 9.17) is 10.2 Å². The normalized spacial score (nSPS) is 11.3. The largest absolute Gasteiger partial charge is 0.480 e. The lowest BCUT2D eigenvalue weighted by atomic mass is 10.3. The fraction of sp³-hybridized carbons (Fsp3) is 0.571. The summed E-state index contributed by atoms with van der Waals surface area (Å²) in [5.74, 6) is -1.36. The Hall–Kier alpha value is -2.03. The van der Waals surface area contributed by atoms with Crippen LogP contribution in [0.4, 0.5) is 9.59 Å². The fourth-order valence-electron chi connectivity index (χ4n) is 0.711. The number of aliphatic carboxylic acids is 1. The van der Waals surface area contributed by atoms with Crippen LogP contribution in [0, 0.1) is 0 Å². The second-order valence-electron chi connectivity index (χ2n) is 2.64. The lowest BCUT2D eigenvalue weighted by Crippen LogP contribution is -2.48. The molecule has 0 aliphatic carbocycles. The molecule has 0 spiro atoms. The minimum atomic E-state index is -1.38. The monoisotopic (exact) mass is 235 g/mol. The summed E-state index contributed by atoms with van der Waals surface area (Å²) in [6.07, 6.45) is -0.971. The average molecular weight is 235 g/mol. The van der Waals surface area contributed by atoms with Crippen LogP contribution in [0.2, 0.25) is 0 Å². The number of ether oxygens (including phenoxy) is 1. The minimum absolute atomic E-state index is 0.0213. The van der Waals surface area contributed by atoms with Gasteiger partial charge in [0.2, 0.25) is 0 Å². The molecule has 0 aromatic carbocycles. The number of nitrogens with one attached hydrogen (secondary N) is 2. The van der Waals surface area contributed by atoms with E-state index in [0.717, 1.165) is 0 Å². The van der Waals surface area contributed by atoms with Gasteiger partial charge >= 0.3 is 18.1 Å². The standard InChI is InChI=1S/C7H13N3O6/c8-6(14)16-2-1-9-7(15)10-4(3-11)5(12)13/h4,11H,1-3H2,(H2,8,14)(H,12,13)(H2,9,10,15)/t4-/m0/s1. The minimum Gasteiger partial charge on any atom is -0.480 e. The van der Waals surface area contributed by atoms with Gasteiger partial charge < -0.3 is 31.3 Å². The molecule has 0 bridgehead atoms. The van der Waals surface area contributed by atoms with Gasteiger partial charge in [0.05, 0.1) is 13.2 Å². The van der Waals surface area contributed by atoms with E-state index in [9.17, 15) is 14.4 Å². The highest BCUT2D eigenvalue weighted by Gasteiger charge is 2.17. The van der Waals surface area contributed by atoms with Crippen molar-refractivity contribution in [2.45, 2.75) is 6.04 Å². The molecule has 0 aromatic heterocycles. The van der Waals surface area contributed by atoms with E-state index in [0.29, 0.717) is 0 Å². The summed E-state index contributed by atoms with van der Waals surface area (Å²) in [4.78, 5) is 31.5. The molecule has 0 radical (unpaired) electrons. The second-order valence-corrected chi connectivity index (χ2v) is 2.64. The van der Waals surface area contributed by atoms with Crippen LogP contribution in [0.15, 0.2) is 0 Å². The highest BCUT2D eigenvalue weighted by Crippen LogP contribution is 1.82. The maximum absolute atomic E-state index is 11.0. The number of carbonyl (C=O) groups excluding carboxylic acids is 2. The van der Waals surface area contributed by atoms with Crippen LogP contribution >= 0.6 is 0 Å². The Morgan fingerprint density at radius 1 is 1.38 bits per heavy atom. The third-order valence-corrected chi connectivity index (χ3v) is 1.42. The van der Waals surface area contributed by atoms with Crippen LogP contribution in [0.25, 0.3) is 0 Å². The number of nitrogens with two attached hydrogens (primary N) is 1. The number of aliphatic hydroxyl groups excluding tert-OH is 1. The Morgan fingerprint density at radius 3 is 2.44 bits per heavy atom. The molecule has 9 nitrogen and oxygen atoms in total. The molecule has 0 aliphatic heterocycles. The van der Waals surface area contributed by atoms with E-state index in [1.54, 1.807) is 0 Å². The van der Waals surface area contributed by atoms with Crippen LogP contribution in [-0.4, -0.2) is 54.1 Å². The quantitative estimate of drug-likeness (QED) is 0.330. The zero-order valence-corrected chi connectivity index (χ0v) is 8.30. The number of hydrogen-bond acceptors (Lipinski definition) is 5. The molecule has 0 saturated carbocycles. The van der Waals surface area contributed by atoms with Crippen LogP contribution < -0.4 is 16.4 Å². The number of hydrogen-bond donors (Lipinski definition) is 5. The predicted octanol–water partition coefficient (Wildman–Crippen LogP) is -2.17. The summed E-state index contributed by atoms with van der Waals surface area (Å²) in [5.41, 5.74) is 4.65. The van der Waals surface area contributed by atoms with Gasteiger partial charge in [-0.1, -0.05) is 0 Å². The summed E-state index contributed by atoms with van der Waals surface area (Å²) >= 11 is 0. The maximum Gasteiger partial charge on any atom is 0.404 e. The van der Waals surface area contributed by atoms with Crippen molar-refractivity contribution in [1.29, 1.82) is 0 Å². The molecule has 0 aliphatic rings. The first-order valence-corrected chi connectivity index (χ1v) is 4.27. The number of aliphatic hydroxyl groups is 1. The van der Waals surface area contributed by atoms with Crippen LogP contribution in [0.5, 0.6) is 0 Å². The zero-order chi connectivity index (χ0) is 12.6. The van der Waals surface area contributed by atoms with Gasteiger partial charge in [-0.05, 0) is 0 Å². The van der Waals surface area contributed by atoms with E-state index < -0.39 is 30.7 Å². The highest BCUT2D eigenvalue weighted by molar-refractivity contribution is 5.82. The SMILES string of the molecule is NC(=O)OCCNC(=O)N[C@@H](CO)C(=O)O. The molecule has 3 amide bonds. The first kappa shape index (κ1) is 14.0. The maximum atomic E-state index is 11.0. The van der Waals surface area contributed by atoms with E-state index in [-0.39, 0.29) is 13.2 Å². The molecular weight excluding hydrogens is 222 g/mol. The summed E-state index contributed by atoms with van der Waals surface area (Å²) in [7, 11) is 0. The van der Waals surface area contributed by atoms with Gasteiger partial charge in [-0.3, -0.25) is 0 Å². The van der Waals surface area contributed by atoms with Crippen molar-refractivity contribution >= 4 is 18.1 Å². The fourth-order valence-corrected chi connectivity index (χ4v) is 0.711. The van der Waals surface area contributed by atoms with Crippen molar-refractivity contribution in [1.82, 2.24) is 10.6 Å². The second kappa shape index (κ2) is 7.29. The Labute approximate surface area is 90.6 Å². The molecule has 0 aromatic rings. The summed E-state index contributed by atoms with van der Waals surface area (Å²) in [5, 5.41) is 21.2. The topological polar surface area (TPSA) is 151 Å². The van der Waals surface area contributed by atoms with E-state index >= 15 is 0 Å². The molecule has 6 N–H and O–H groups in total. The lowest BCUT2D eigenvalue weighted by Gasteiger charge is -2.12. The Balaban J connectivity index is 3.73. The van der Waals surface area contributed by atoms with Crippen molar-refractivity contribution in [3.63, 3.8) is 0 Å². The molecule has 9 heteroatoms. The van der Waals surface area contributed by atoms with Gasteiger partial charge in [-0.15, -0.1) is 0 Å². The molecule has 1 atom stereocenters. The van der Waals surface area contributed by atoms with Gasteiger partial charge in [-0.25, -0.2) is 14.4 Å². The molecule has 92 valence electrons. The average Bonchev–Trinajstić information content (AvgIpc) is 2.20. The van der Waals surface area contributed by atoms with Crippen molar-refractivity contribution < 1.29 is 29.3 Å². The Kier molecular flexibility index (Phi) is 6.36. The summed E-state index contributed by atoms with van der Waals surface area (Å²) in [6, 6.07) is -2.17.